The highest BCUT2D eigenvalue weighted by molar-refractivity contribution is 6.17. The lowest BCUT2D eigenvalue weighted by molar-refractivity contribution is 1.30. The number of rotatable bonds is 0. The van der Waals surface area contributed by atoms with Crippen LogP contribution in [0.25, 0.3) is 60.2 Å². The number of nitrogens with zero attached hydrogens (tertiary/aromatic N) is 3. The van der Waals surface area contributed by atoms with Gasteiger partial charge in [-0.15, -0.1) is 0 Å². The van der Waals surface area contributed by atoms with E-state index in [9.17, 15) is 0 Å². The summed E-state index contributed by atoms with van der Waals surface area (Å²) in [4.78, 5) is 10.2. The number of hydrogen-bond acceptors (Lipinski definition) is 2. The van der Waals surface area contributed by atoms with Gasteiger partial charge >= 0.3 is 0 Å². The van der Waals surface area contributed by atoms with Crippen molar-refractivity contribution in [3.8, 4) is 0 Å². The summed E-state index contributed by atoms with van der Waals surface area (Å²) in [5, 5.41) is 5.86. The minimum Gasteiger partial charge on any atom is -0.290 e. The molecule has 140 valence electrons. The van der Waals surface area contributed by atoms with Gasteiger partial charge in [0.15, 0.2) is 0 Å². The second-order valence-electron chi connectivity index (χ2n) is 8.01. The highest BCUT2D eigenvalue weighted by atomic mass is 15.0. The van der Waals surface area contributed by atoms with Crippen molar-refractivity contribution in [2.75, 3.05) is 0 Å². The SMILES string of the molecule is Cc1cccc2c1nc1c3cc4ccccc4cc3c3nc4ccccc4cc3n21. The van der Waals surface area contributed by atoms with Crippen molar-refractivity contribution in [1.29, 1.82) is 0 Å². The molecular formula is C27H17N3. The molecule has 0 aliphatic rings. The minimum absolute atomic E-state index is 0.990. The molecule has 0 amide bonds. The summed E-state index contributed by atoms with van der Waals surface area (Å²) in [5.74, 6) is 0. The van der Waals surface area contributed by atoms with Crippen molar-refractivity contribution in [1.82, 2.24) is 14.4 Å². The quantitative estimate of drug-likeness (QED) is 0.213. The third-order valence-corrected chi connectivity index (χ3v) is 6.21. The lowest BCUT2D eigenvalue weighted by atomic mass is 10.0. The van der Waals surface area contributed by atoms with Gasteiger partial charge in [0.2, 0.25) is 0 Å². The maximum atomic E-state index is 5.12. The maximum Gasteiger partial charge on any atom is 0.146 e. The molecule has 0 radical (unpaired) electrons. The molecule has 0 saturated heterocycles. The molecule has 3 heterocycles. The Morgan fingerprint density at radius 2 is 1.33 bits per heavy atom. The molecule has 3 aromatic heterocycles. The number of aryl methyl sites for hydroxylation is 1. The zero-order chi connectivity index (χ0) is 19.8. The number of imidazole rings is 1. The lowest BCUT2D eigenvalue weighted by Gasteiger charge is -2.11. The Hall–Kier alpha value is -3.98. The Morgan fingerprint density at radius 3 is 2.17 bits per heavy atom. The summed E-state index contributed by atoms with van der Waals surface area (Å²) in [6, 6.07) is 30.0. The van der Waals surface area contributed by atoms with Crippen LogP contribution in [0, 0.1) is 6.92 Å². The van der Waals surface area contributed by atoms with Crippen LogP contribution in [0.15, 0.2) is 84.9 Å². The van der Waals surface area contributed by atoms with Gasteiger partial charge in [-0.05, 0) is 53.6 Å². The smallest absolute Gasteiger partial charge is 0.146 e. The van der Waals surface area contributed by atoms with Crippen LogP contribution in [-0.2, 0) is 0 Å². The topological polar surface area (TPSA) is 30.2 Å². The van der Waals surface area contributed by atoms with E-state index in [1.165, 1.54) is 16.3 Å². The molecular weight excluding hydrogens is 366 g/mol. The molecule has 0 aliphatic carbocycles. The summed E-state index contributed by atoms with van der Waals surface area (Å²) in [6.07, 6.45) is 0. The Morgan fingerprint density at radius 1 is 0.600 bits per heavy atom. The van der Waals surface area contributed by atoms with Gasteiger partial charge < -0.3 is 0 Å². The van der Waals surface area contributed by atoms with Gasteiger partial charge in [-0.2, -0.15) is 0 Å². The fraction of sp³-hybridized carbons (Fsp3) is 0.0370. The summed E-state index contributed by atoms with van der Waals surface area (Å²) >= 11 is 0. The third kappa shape index (κ3) is 1.99. The third-order valence-electron chi connectivity index (χ3n) is 6.21. The molecule has 0 bridgehead atoms. The summed E-state index contributed by atoms with van der Waals surface area (Å²) < 4.78 is 2.29. The molecule has 0 spiro atoms. The zero-order valence-corrected chi connectivity index (χ0v) is 16.4. The average molecular weight is 383 g/mol. The Balaban J connectivity index is 1.86. The van der Waals surface area contributed by atoms with Crippen molar-refractivity contribution in [2.24, 2.45) is 0 Å². The van der Waals surface area contributed by atoms with E-state index < -0.39 is 0 Å². The molecule has 0 aliphatic heterocycles. The van der Waals surface area contributed by atoms with E-state index in [4.69, 9.17) is 9.97 Å². The maximum absolute atomic E-state index is 5.12. The molecule has 0 N–H and O–H groups in total. The number of hydrogen-bond donors (Lipinski definition) is 0. The van der Waals surface area contributed by atoms with Crippen molar-refractivity contribution >= 4 is 60.2 Å². The summed E-state index contributed by atoms with van der Waals surface area (Å²) in [6.45, 7) is 2.13. The Kier molecular flexibility index (Phi) is 2.94. The first-order chi connectivity index (χ1) is 14.8. The normalized spacial score (nSPS) is 12.2. The van der Waals surface area contributed by atoms with E-state index in [-0.39, 0.29) is 0 Å². The minimum atomic E-state index is 0.990. The summed E-state index contributed by atoms with van der Waals surface area (Å²) in [5.41, 5.74) is 7.48. The second-order valence-corrected chi connectivity index (χ2v) is 8.01. The highest BCUT2D eigenvalue weighted by Crippen LogP contribution is 2.35. The van der Waals surface area contributed by atoms with Crippen LogP contribution in [0.4, 0.5) is 0 Å². The Bertz CT molecular complexity index is 1810. The summed E-state index contributed by atoms with van der Waals surface area (Å²) in [7, 11) is 0. The van der Waals surface area contributed by atoms with Crippen LogP contribution in [0.5, 0.6) is 0 Å². The monoisotopic (exact) mass is 383 g/mol. The van der Waals surface area contributed by atoms with Gasteiger partial charge in [-0.1, -0.05) is 54.6 Å². The Labute approximate surface area is 172 Å². The number of benzene rings is 4. The van der Waals surface area contributed by atoms with E-state index in [2.05, 4.69) is 90.2 Å². The van der Waals surface area contributed by atoms with Crippen LogP contribution < -0.4 is 0 Å². The largest absolute Gasteiger partial charge is 0.290 e. The molecule has 4 aromatic carbocycles. The first-order valence-electron chi connectivity index (χ1n) is 10.2. The molecule has 0 atom stereocenters. The number of fused-ring (bicyclic) bond motifs is 10. The van der Waals surface area contributed by atoms with Gasteiger partial charge in [0.05, 0.1) is 27.6 Å². The van der Waals surface area contributed by atoms with Crippen molar-refractivity contribution in [3.05, 3.63) is 90.5 Å². The predicted molar refractivity (Wildman–Crippen MR) is 125 cm³/mol. The molecule has 7 aromatic rings. The van der Waals surface area contributed by atoms with Crippen LogP contribution in [0.1, 0.15) is 5.56 Å². The van der Waals surface area contributed by atoms with Crippen LogP contribution in [-0.4, -0.2) is 14.4 Å². The molecule has 3 nitrogen and oxygen atoms in total. The second kappa shape index (κ2) is 5.55. The fourth-order valence-corrected chi connectivity index (χ4v) is 4.76. The van der Waals surface area contributed by atoms with E-state index in [0.717, 1.165) is 49.4 Å². The van der Waals surface area contributed by atoms with Gasteiger partial charge in [0, 0.05) is 16.2 Å². The van der Waals surface area contributed by atoms with Gasteiger partial charge in [0.1, 0.15) is 5.65 Å². The molecule has 0 saturated carbocycles. The standard InChI is InChI=1S/C27H17N3/c1-16-7-6-12-23-25(16)29-27-21-14-18-9-3-2-8-17(18)13-20(21)26-24(30(23)27)15-19-10-4-5-11-22(19)28-26/h2-15H,1H3. The van der Waals surface area contributed by atoms with Gasteiger partial charge in [0.25, 0.3) is 0 Å². The molecule has 0 fully saturated rings. The van der Waals surface area contributed by atoms with Crippen LogP contribution in [0.3, 0.4) is 0 Å². The first-order valence-corrected chi connectivity index (χ1v) is 10.2. The first kappa shape index (κ1) is 15.9. The molecule has 30 heavy (non-hydrogen) atoms. The van der Waals surface area contributed by atoms with Gasteiger partial charge in [-0.25, -0.2) is 9.97 Å². The van der Waals surface area contributed by atoms with Gasteiger partial charge in [-0.3, -0.25) is 4.40 Å². The van der Waals surface area contributed by atoms with Crippen molar-refractivity contribution < 1.29 is 0 Å². The van der Waals surface area contributed by atoms with Crippen LogP contribution in [0.2, 0.25) is 0 Å². The molecule has 7 rings (SSSR count). The van der Waals surface area contributed by atoms with Crippen molar-refractivity contribution in [3.63, 3.8) is 0 Å². The van der Waals surface area contributed by atoms with E-state index in [1.807, 2.05) is 6.07 Å². The van der Waals surface area contributed by atoms with Crippen molar-refractivity contribution in [2.45, 2.75) is 6.92 Å². The van der Waals surface area contributed by atoms with Crippen LogP contribution >= 0.6 is 0 Å². The zero-order valence-electron chi connectivity index (χ0n) is 16.4. The fourth-order valence-electron chi connectivity index (χ4n) is 4.76. The van der Waals surface area contributed by atoms with E-state index >= 15 is 0 Å². The lowest BCUT2D eigenvalue weighted by Crippen LogP contribution is -1.94. The number of para-hydroxylation sites is 2. The average Bonchev–Trinajstić information content (AvgIpc) is 3.18. The molecule has 3 heteroatoms. The van der Waals surface area contributed by atoms with E-state index in [0.29, 0.717) is 0 Å². The number of pyridine rings is 2. The molecule has 0 unspecified atom stereocenters. The number of aromatic nitrogens is 3. The predicted octanol–water partition coefficient (Wildman–Crippen LogP) is 6.80. The van der Waals surface area contributed by atoms with E-state index in [1.54, 1.807) is 0 Å². The highest BCUT2D eigenvalue weighted by Gasteiger charge is 2.16.